The molecule has 0 spiro atoms. The van der Waals surface area contributed by atoms with Crippen LogP contribution in [0.2, 0.25) is 0 Å². The molecule has 1 heterocycles. The van der Waals surface area contributed by atoms with E-state index in [2.05, 4.69) is 17.6 Å². The zero-order valence-electron chi connectivity index (χ0n) is 11.6. The first-order valence-electron chi connectivity index (χ1n) is 6.47. The zero-order chi connectivity index (χ0) is 15.0. The highest BCUT2D eigenvalue weighted by Gasteiger charge is 2.10. The Balaban J connectivity index is 2.26. The van der Waals surface area contributed by atoms with Crippen LogP contribution >= 0.6 is 11.8 Å². The van der Waals surface area contributed by atoms with Crippen LogP contribution in [0.25, 0.3) is 0 Å². The summed E-state index contributed by atoms with van der Waals surface area (Å²) < 4.78 is 5.03. The van der Waals surface area contributed by atoms with Crippen molar-refractivity contribution >= 4 is 23.8 Å². The summed E-state index contributed by atoms with van der Waals surface area (Å²) in [5.41, 5.74) is 0. The average Bonchev–Trinajstić information content (AvgIpc) is 2.85. The summed E-state index contributed by atoms with van der Waals surface area (Å²) in [6.07, 6.45) is 0.913. The summed E-state index contributed by atoms with van der Waals surface area (Å²) in [4.78, 5) is 22.2. The number of carbonyl (C=O) groups is 2. The molecule has 1 aromatic heterocycles. The standard InChI is InChI=1S/C13H20N2O4S/c1-3-20-7-6-9(2)15-13(18)14-8-10-4-5-11(19-10)12(16)17/h4-5,9H,3,6-8H2,1-2H3,(H,16,17)(H2,14,15,18). The minimum atomic E-state index is -1.12. The maximum Gasteiger partial charge on any atom is 0.371 e. The minimum Gasteiger partial charge on any atom is -0.475 e. The smallest absolute Gasteiger partial charge is 0.371 e. The van der Waals surface area contributed by atoms with Crippen molar-refractivity contribution in [3.05, 3.63) is 23.7 Å². The van der Waals surface area contributed by atoms with E-state index in [1.807, 2.05) is 18.7 Å². The third-order valence-electron chi connectivity index (χ3n) is 2.57. The van der Waals surface area contributed by atoms with Gasteiger partial charge in [0.15, 0.2) is 0 Å². The molecular formula is C13H20N2O4S. The van der Waals surface area contributed by atoms with E-state index in [9.17, 15) is 9.59 Å². The van der Waals surface area contributed by atoms with Crippen LogP contribution in [0.3, 0.4) is 0 Å². The second-order valence-corrected chi connectivity index (χ2v) is 5.68. The van der Waals surface area contributed by atoms with E-state index in [-0.39, 0.29) is 24.4 Å². The molecule has 0 fully saturated rings. The van der Waals surface area contributed by atoms with Crippen molar-refractivity contribution in [2.75, 3.05) is 11.5 Å². The predicted molar refractivity (Wildman–Crippen MR) is 78.1 cm³/mol. The van der Waals surface area contributed by atoms with Gasteiger partial charge in [0.25, 0.3) is 0 Å². The van der Waals surface area contributed by atoms with Crippen molar-refractivity contribution in [3.8, 4) is 0 Å². The Morgan fingerprint density at radius 3 is 2.80 bits per heavy atom. The fourth-order valence-electron chi connectivity index (χ4n) is 1.51. The lowest BCUT2D eigenvalue weighted by molar-refractivity contribution is 0.0660. The summed E-state index contributed by atoms with van der Waals surface area (Å²) in [5.74, 6) is 1.24. The van der Waals surface area contributed by atoms with Gasteiger partial charge in [0.2, 0.25) is 5.76 Å². The lowest BCUT2D eigenvalue weighted by atomic mass is 10.3. The second kappa shape index (κ2) is 8.52. The number of carboxylic acid groups (broad SMARTS) is 1. The molecule has 6 nitrogen and oxygen atoms in total. The van der Waals surface area contributed by atoms with Crippen molar-refractivity contribution in [2.45, 2.75) is 32.9 Å². The lowest BCUT2D eigenvalue weighted by Crippen LogP contribution is -2.40. The van der Waals surface area contributed by atoms with E-state index in [1.54, 1.807) is 0 Å². The van der Waals surface area contributed by atoms with E-state index in [4.69, 9.17) is 9.52 Å². The summed E-state index contributed by atoms with van der Waals surface area (Å²) in [6, 6.07) is 2.71. The molecule has 0 aliphatic rings. The van der Waals surface area contributed by atoms with Gasteiger partial charge in [-0.15, -0.1) is 0 Å². The topological polar surface area (TPSA) is 91.6 Å². The van der Waals surface area contributed by atoms with Gasteiger partial charge in [0.1, 0.15) is 5.76 Å². The van der Waals surface area contributed by atoms with E-state index in [0.29, 0.717) is 5.76 Å². The van der Waals surface area contributed by atoms with Gasteiger partial charge >= 0.3 is 12.0 Å². The number of urea groups is 1. The molecule has 2 amide bonds. The van der Waals surface area contributed by atoms with Crippen LogP contribution in [-0.4, -0.2) is 34.7 Å². The lowest BCUT2D eigenvalue weighted by Gasteiger charge is -2.13. The second-order valence-electron chi connectivity index (χ2n) is 4.28. The minimum absolute atomic E-state index is 0.0974. The number of carbonyl (C=O) groups excluding carboxylic acids is 1. The number of hydrogen-bond donors (Lipinski definition) is 3. The number of amides is 2. The molecule has 1 unspecified atom stereocenters. The molecule has 0 aliphatic heterocycles. The molecule has 0 saturated carbocycles. The number of aromatic carboxylic acids is 1. The maximum absolute atomic E-state index is 11.6. The van der Waals surface area contributed by atoms with Gasteiger partial charge in [0.05, 0.1) is 6.54 Å². The molecule has 0 bridgehead atoms. The van der Waals surface area contributed by atoms with Crippen molar-refractivity contribution in [3.63, 3.8) is 0 Å². The summed E-state index contributed by atoms with van der Waals surface area (Å²) in [6.45, 7) is 4.21. The Kier molecular flexibility index (Phi) is 7.00. The third kappa shape index (κ3) is 6.01. The van der Waals surface area contributed by atoms with Gasteiger partial charge < -0.3 is 20.2 Å². The molecule has 1 aromatic rings. The van der Waals surface area contributed by atoms with Gasteiger partial charge in [-0.25, -0.2) is 9.59 Å². The van der Waals surface area contributed by atoms with Crippen LogP contribution in [0.5, 0.6) is 0 Å². The van der Waals surface area contributed by atoms with Gasteiger partial charge in [-0.2, -0.15) is 11.8 Å². The Bertz CT molecular complexity index is 447. The molecule has 1 rings (SSSR count). The van der Waals surface area contributed by atoms with E-state index in [1.165, 1.54) is 12.1 Å². The molecule has 0 aromatic carbocycles. The van der Waals surface area contributed by atoms with Crippen LogP contribution < -0.4 is 10.6 Å². The van der Waals surface area contributed by atoms with Gasteiger partial charge in [0, 0.05) is 6.04 Å². The quantitative estimate of drug-likeness (QED) is 0.641. The fraction of sp³-hybridized carbons (Fsp3) is 0.538. The van der Waals surface area contributed by atoms with E-state index >= 15 is 0 Å². The van der Waals surface area contributed by atoms with E-state index in [0.717, 1.165) is 17.9 Å². The van der Waals surface area contributed by atoms with Crippen molar-refractivity contribution in [1.29, 1.82) is 0 Å². The van der Waals surface area contributed by atoms with Crippen molar-refractivity contribution in [1.82, 2.24) is 10.6 Å². The Labute approximate surface area is 122 Å². The number of nitrogens with one attached hydrogen (secondary N) is 2. The monoisotopic (exact) mass is 300 g/mol. The third-order valence-corrected chi connectivity index (χ3v) is 3.51. The molecule has 3 N–H and O–H groups in total. The number of carboxylic acids is 1. The number of hydrogen-bond acceptors (Lipinski definition) is 4. The van der Waals surface area contributed by atoms with Crippen LogP contribution in [-0.2, 0) is 6.54 Å². The molecule has 1 atom stereocenters. The first-order valence-corrected chi connectivity index (χ1v) is 7.62. The highest BCUT2D eigenvalue weighted by molar-refractivity contribution is 7.99. The summed E-state index contributed by atoms with van der Waals surface area (Å²) in [5, 5.41) is 14.1. The number of furan rings is 1. The zero-order valence-corrected chi connectivity index (χ0v) is 12.5. The Morgan fingerprint density at radius 2 is 2.20 bits per heavy atom. The number of rotatable bonds is 8. The molecule has 0 radical (unpaired) electrons. The first kappa shape index (κ1) is 16.4. The van der Waals surface area contributed by atoms with Crippen LogP contribution in [0.4, 0.5) is 4.79 Å². The van der Waals surface area contributed by atoms with Crippen LogP contribution in [0.15, 0.2) is 16.5 Å². The normalized spacial score (nSPS) is 11.9. The summed E-state index contributed by atoms with van der Waals surface area (Å²) >= 11 is 1.84. The molecule has 0 saturated heterocycles. The molecular weight excluding hydrogens is 280 g/mol. The van der Waals surface area contributed by atoms with Gasteiger partial charge in [-0.05, 0) is 37.0 Å². The fourth-order valence-corrected chi connectivity index (χ4v) is 2.32. The molecule has 20 heavy (non-hydrogen) atoms. The largest absolute Gasteiger partial charge is 0.475 e. The Morgan fingerprint density at radius 1 is 1.45 bits per heavy atom. The van der Waals surface area contributed by atoms with Crippen LogP contribution in [0, 0.1) is 0 Å². The molecule has 112 valence electrons. The van der Waals surface area contributed by atoms with Crippen molar-refractivity contribution in [2.24, 2.45) is 0 Å². The number of thioether (sulfide) groups is 1. The highest BCUT2D eigenvalue weighted by atomic mass is 32.2. The van der Waals surface area contributed by atoms with Gasteiger partial charge in [-0.3, -0.25) is 0 Å². The van der Waals surface area contributed by atoms with Gasteiger partial charge in [-0.1, -0.05) is 6.92 Å². The molecule has 0 aliphatic carbocycles. The highest BCUT2D eigenvalue weighted by Crippen LogP contribution is 2.07. The summed E-state index contributed by atoms with van der Waals surface area (Å²) in [7, 11) is 0. The maximum atomic E-state index is 11.6. The van der Waals surface area contributed by atoms with Crippen LogP contribution in [0.1, 0.15) is 36.6 Å². The predicted octanol–water partition coefficient (Wildman–Crippen LogP) is 2.31. The van der Waals surface area contributed by atoms with E-state index < -0.39 is 5.97 Å². The first-order chi connectivity index (χ1) is 9.52. The SMILES string of the molecule is CCSCCC(C)NC(=O)NCc1ccc(C(=O)O)o1. The Hall–Kier alpha value is -1.63. The average molecular weight is 300 g/mol. The molecule has 7 heteroatoms. The van der Waals surface area contributed by atoms with Crippen molar-refractivity contribution < 1.29 is 19.1 Å².